The monoisotopic (exact) mass is 286 g/mol. The highest BCUT2D eigenvalue weighted by atomic mass is 16.5. The Bertz CT molecular complexity index is 626. The molecule has 1 heterocycles. The minimum atomic E-state index is 0.0221. The third kappa shape index (κ3) is 3.90. The normalized spacial score (nSPS) is 10.8. The van der Waals surface area contributed by atoms with Gasteiger partial charge in [0.1, 0.15) is 0 Å². The van der Waals surface area contributed by atoms with E-state index in [0.717, 1.165) is 17.7 Å². The van der Waals surface area contributed by atoms with Crippen LogP contribution in [0.1, 0.15) is 31.9 Å². The van der Waals surface area contributed by atoms with Gasteiger partial charge in [-0.2, -0.15) is 15.0 Å². The number of nitrogens with one attached hydrogen (secondary N) is 1. The molecule has 0 saturated heterocycles. The van der Waals surface area contributed by atoms with Crippen LogP contribution < -0.4 is 10.1 Å². The predicted octanol–water partition coefficient (Wildman–Crippen LogP) is 3.37. The Morgan fingerprint density at radius 3 is 2.52 bits per heavy atom. The van der Waals surface area contributed by atoms with Crippen LogP contribution in [0.15, 0.2) is 18.2 Å². The van der Waals surface area contributed by atoms with Crippen LogP contribution >= 0.6 is 0 Å². The van der Waals surface area contributed by atoms with Gasteiger partial charge in [-0.25, -0.2) is 0 Å². The van der Waals surface area contributed by atoms with Crippen molar-refractivity contribution in [2.75, 3.05) is 11.9 Å². The SMILES string of the molecule is CCNc1nc(OC(C)C)nc(-c2ccc(C)cc2C)n1. The second kappa shape index (κ2) is 6.52. The lowest BCUT2D eigenvalue weighted by Gasteiger charge is -2.12. The summed E-state index contributed by atoms with van der Waals surface area (Å²) in [7, 11) is 0. The average molecular weight is 286 g/mol. The zero-order chi connectivity index (χ0) is 15.4. The number of aromatic nitrogens is 3. The Balaban J connectivity index is 2.48. The maximum atomic E-state index is 5.62. The van der Waals surface area contributed by atoms with Crippen molar-refractivity contribution in [1.82, 2.24) is 15.0 Å². The van der Waals surface area contributed by atoms with Crippen molar-refractivity contribution in [3.8, 4) is 17.4 Å². The van der Waals surface area contributed by atoms with E-state index in [1.54, 1.807) is 0 Å². The van der Waals surface area contributed by atoms with Gasteiger partial charge in [-0.3, -0.25) is 0 Å². The van der Waals surface area contributed by atoms with Gasteiger partial charge in [0.2, 0.25) is 5.95 Å². The molecule has 0 unspecified atom stereocenters. The second-order valence-electron chi connectivity index (χ2n) is 5.28. The second-order valence-corrected chi connectivity index (χ2v) is 5.28. The molecule has 21 heavy (non-hydrogen) atoms. The van der Waals surface area contributed by atoms with Crippen LogP contribution in [0, 0.1) is 13.8 Å². The van der Waals surface area contributed by atoms with Crippen molar-refractivity contribution >= 4 is 5.95 Å². The first-order valence-corrected chi connectivity index (χ1v) is 7.23. The van der Waals surface area contributed by atoms with Gasteiger partial charge in [0.25, 0.3) is 0 Å². The Morgan fingerprint density at radius 1 is 1.14 bits per heavy atom. The smallest absolute Gasteiger partial charge is 0.322 e. The number of nitrogens with zero attached hydrogens (tertiary/aromatic N) is 3. The minimum absolute atomic E-state index is 0.0221. The Kier molecular flexibility index (Phi) is 4.73. The van der Waals surface area contributed by atoms with Crippen molar-refractivity contribution in [2.45, 2.75) is 40.7 Å². The van der Waals surface area contributed by atoms with Crippen molar-refractivity contribution in [2.24, 2.45) is 0 Å². The van der Waals surface area contributed by atoms with E-state index < -0.39 is 0 Å². The van der Waals surface area contributed by atoms with Gasteiger partial charge >= 0.3 is 6.01 Å². The highest BCUT2D eigenvalue weighted by Crippen LogP contribution is 2.23. The van der Waals surface area contributed by atoms with Gasteiger partial charge in [0.15, 0.2) is 5.82 Å². The molecule has 2 aromatic rings. The molecular weight excluding hydrogens is 264 g/mol. The van der Waals surface area contributed by atoms with E-state index in [4.69, 9.17) is 4.74 Å². The van der Waals surface area contributed by atoms with E-state index in [1.807, 2.05) is 26.8 Å². The molecular formula is C16H22N4O. The van der Waals surface area contributed by atoms with E-state index in [1.165, 1.54) is 5.56 Å². The molecule has 5 nitrogen and oxygen atoms in total. The number of hydrogen-bond donors (Lipinski definition) is 1. The fourth-order valence-corrected chi connectivity index (χ4v) is 2.04. The zero-order valence-corrected chi connectivity index (χ0v) is 13.3. The fraction of sp³-hybridized carbons (Fsp3) is 0.438. The highest BCUT2D eigenvalue weighted by Gasteiger charge is 2.12. The van der Waals surface area contributed by atoms with Crippen molar-refractivity contribution in [3.05, 3.63) is 29.3 Å². The molecule has 5 heteroatoms. The summed E-state index contributed by atoms with van der Waals surface area (Å²) >= 11 is 0. The van der Waals surface area contributed by atoms with Crippen molar-refractivity contribution in [3.63, 3.8) is 0 Å². The van der Waals surface area contributed by atoms with Gasteiger partial charge in [0.05, 0.1) is 6.10 Å². The van der Waals surface area contributed by atoms with Crippen molar-refractivity contribution in [1.29, 1.82) is 0 Å². The summed E-state index contributed by atoms with van der Waals surface area (Å²) in [6, 6.07) is 6.57. The maximum Gasteiger partial charge on any atom is 0.322 e. The molecule has 1 aromatic carbocycles. The first kappa shape index (κ1) is 15.2. The Labute approximate surface area is 125 Å². The van der Waals surface area contributed by atoms with Crippen LogP contribution in [0.25, 0.3) is 11.4 Å². The van der Waals surface area contributed by atoms with Crippen molar-refractivity contribution < 1.29 is 4.74 Å². The average Bonchev–Trinajstić information content (AvgIpc) is 2.37. The Morgan fingerprint density at radius 2 is 1.90 bits per heavy atom. The molecule has 0 saturated carbocycles. The summed E-state index contributed by atoms with van der Waals surface area (Å²) in [6.45, 7) is 10.8. The molecule has 0 atom stereocenters. The molecule has 1 N–H and O–H groups in total. The molecule has 0 aliphatic rings. The predicted molar refractivity (Wildman–Crippen MR) is 84.7 cm³/mol. The van der Waals surface area contributed by atoms with Gasteiger partial charge in [-0.15, -0.1) is 0 Å². The summed E-state index contributed by atoms with van der Waals surface area (Å²) in [5.74, 6) is 1.17. The standard InChI is InChI=1S/C16H22N4O/c1-6-17-15-18-14(19-16(20-15)21-10(2)3)13-8-7-11(4)9-12(13)5/h7-10H,6H2,1-5H3,(H,17,18,19,20). The lowest BCUT2D eigenvalue weighted by Crippen LogP contribution is -2.12. The molecule has 0 radical (unpaired) electrons. The van der Waals surface area contributed by atoms with Crippen LogP contribution in [-0.4, -0.2) is 27.6 Å². The zero-order valence-electron chi connectivity index (χ0n) is 13.3. The van der Waals surface area contributed by atoms with E-state index in [2.05, 4.69) is 46.2 Å². The highest BCUT2D eigenvalue weighted by molar-refractivity contribution is 5.61. The first-order chi connectivity index (χ1) is 9.99. The minimum Gasteiger partial charge on any atom is -0.461 e. The quantitative estimate of drug-likeness (QED) is 0.913. The summed E-state index contributed by atoms with van der Waals surface area (Å²) in [5.41, 5.74) is 3.35. The summed E-state index contributed by atoms with van der Waals surface area (Å²) < 4.78 is 5.62. The van der Waals surface area contributed by atoms with Gasteiger partial charge < -0.3 is 10.1 Å². The van der Waals surface area contributed by atoms with Gasteiger partial charge in [0, 0.05) is 12.1 Å². The molecule has 2 rings (SSSR count). The molecule has 1 aromatic heterocycles. The van der Waals surface area contributed by atoms with Crippen LogP contribution in [0.4, 0.5) is 5.95 Å². The molecule has 0 aliphatic heterocycles. The molecule has 0 bridgehead atoms. The third-order valence-corrected chi connectivity index (χ3v) is 2.91. The molecule has 112 valence electrons. The number of hydrogen-bond acceptors (Lipinski definition) is 5. The van der Waals surface area contributed by atoms with Crippen LogP contribution in [-0.2, 0) is 0 Å². The first-order valence-electron chi connectivity index (χ1n) is 7.23. The van der Waals surface area contributed by atoms with Crippen LogP contribution in [0.2, 0.25) is 0 Å². The number of benzene rings is 1. The molecule has 0 amide bonds. The lowest BCUT2D eigenvalue weighted by molar-refractivity contribution is 0.222. The van der Waals surface area contributed by atoms with Gasteiger partial charge in [-0.05, 0) is 40.2 Å². The van der Waals surface area contributed by atoms with Crippen LogP contribution in [0.3, 0.4) is 0 Å². The van der Waals surface area contributed by atoms with E-state index in [9.17, 15) is 0 Å². The lowest BCUT2D eigenvalue weighted by atomic mass is 10.1. The van der Waals surface area contributed by atoms with E-state index >= 15 is 0 Å². The fourth-order valence-electron chi connectivity index (χ4n) is 2.04. The molecule has 0 fully saturated rings. The summed E-state index contributed by atoms with van der Waals surface area (Å²) in [5, 5.41) is 3.12. The van der Waals surface area contributed by atoms with Gasteiger partial charge in [-0.1, -0.05) is 23.8 Å². The number of rotatable bonds is 5. The van der Waals surface area contributed by atoms with E-state index in [-0.39, 0.29) is 6.10 Å². The number of aryl methyl sites for hydroxylation is 2. The summed E-state index contributed by atoms with van der Waals surface area (Å²) in [6.07, 6.45) is 0.0221. The Hall–Kier alpha value is -2.17. The molecule has 0 aliphatic carbocycles. The molecule has 0 spiro atoms. The largest absolute Gasteiger partial charge is 0.461 e. The topological polar surface area (TPSA) is 59.9 Å². The maximum absolute atomic E-state index is 5.62. The number of anilines is 1. The van der Waals surface area contributed by atoms with Crippen LogP contribution in [0.5, 0.6) is 6.01 Å². The third-order valence-electron chi connectivity index (χ3n) is 2.91. The summed E-state index contributed by atoms with van der Waals surface area (Å²) in [4.78, 5) is 13.2. The number of ether oxygens (including phenoxy) is 1. The van der Waals surface area contributed by atoms with E-state index in [0.29, 0.717) is 17.8 Å².